The van der Waals surface area contributed by atoms with Gasteiger partial charge in [0.05, 0.1) is 0 Å². The van der Waals surface area contributed by atoms with Gasteiger partial charge in [-0.25, -0.2) is 0 Å². The van der Waals surface area contributed by atoms with E-state index in [0.717, 1.165) is 6.54 Å². The molecule has 1 N–H and O–H groups in total. The highest BCUT2D eigenvalue weighted by Gasteiger charge is 2.10. The van der Waals surface area contributed by atoms with Gasteiger partial charge in [0.1, 0.15) is 0 Å². The maximum atomic E-state index is 3.62. The van der Waals surface area contributed by atoms with Gasteiger partial charge in [-0.1, -0.05) is 71.2 Å². The van der Waals surface area contributed by atoms with Crippen LogP contribution in [-0.4, -0.2) is 6.54 Å². The van der Waals surface area contributed by atoms with Gasteiger partial charge in [0.25, 0.3) is 0 Å². The second-order valence-electron chi connectivity index (χ2n) is 5.58. The fraction of sp³-hybridized carbons (Fsp3) is 0.667. The van der Waals surface area contributed by atoms with Crippen molar-refractivity contribution in [1.29, 1.82) is 0 Å². The fourth-order valence-corrected chi connectivity index (χ4v) is 2.52. The van der Waals surface area contributed by atoms with E-state index < -0.39 is 0 Å². The van der Waals surface area contributed by atoms with Crippen LogP contribution in [0.1, 0.15) is 82.9 Å². The lowest BCUT2D eigenvalue weighted by atomic mass is 9.94. The van der Waals surface area contributed by atoms with E-state index in [0.29, 0.717) is 12.0 Å². The summed E-state index contributed by atoms with van der Waals surface area (Å²) in [5.74, 6) is 0.673. The Kier molecular flexibility index (Phi) is 7.81. The summed E-state index contributed by atoms with van der Waals surface area (Å²) >= 11 is 0. The van der Waals surface area contributed by atoms with Crippen molar-refractivity contribution in [1.82, 2.24) is 5.32 Å². The second kappa shape index (κ2) is 9.14. The Bertz CT molecular complexity index is 328. The summed E-state index contributed by atoms with van der Waals surface area (Å²) in [5, 5.41) is 3.62. The molecule has 0 bridgehead atoms. The molecule has 2 atom stereocenters. The predicted octanol–water partition coefficient (Wildman–Crippen LogP) is 5.43. The van der Waals surface area contributed by atoms with Crippen molar-refractivity contribution in [2.75, 3.05) is 6.54 Å². The Hall–Kier alpha value is -0.820. The van der Waals surface area contributed by atoms with Crippen LogP contribution in [0.15, 0.2) is 24.3 Å². The highest BCUT2D eigenvalue weighted by atomic mass is 14.9. The largest absolute Gasteiger partial charge is 0.310 e. The van der Waals surface area contributed by atoms with Crippen LogP contribution < -0.4 is 5.32 Å². The summed E-state index contributed by atoms with van der Waals surface area (Å²) in [5.41, 5.74) is 2.92. The molecule has 0 aliphatic carbocycles. The van der Waals surface area contributed by atoms with E-state index >= 15 is 0 Å². The third-order valence-electron chi connectivity index (χ3n) is 4.07. The molecule has 0 aliphatic rings. The molecule has 1 aromatic carbocycles. The molecule has 0 heterocycles. The Morgan fingerprint density at radius 3 is 2.11 bits per heavy atom. The molecule has 0 saturated carbocycles. The molecular weight excluding hydrogens is 230 g/mol. The van der Waals surface area contributed by atoms with Crippen LogP contribution in [0.4, 0.5) is 0 Å². The molecule has 1 nitrogen and oxygen atoms in total. The molecule has 0 radical (unpaired) electrons. The van der Waals surface area contributed by atoms with Gasteiger partial charge < -0.3 is 5.32 Å². The average Bonchev–Trinajstić information content (AvgIpc) is 2.46. The van der Waals surface area contributed by atoms with Crippen LogP contribution in [0.25, 0.3) is 0 Å². The molecule has 1 heteroatoms. The highest BCUT2D eigenvalue weighted by molar-refractivity contribution is 5.27. The van der Waals surface area contributed by atoms with Gasteiger partial charge in [0.15, 0.2) is 0 Å². The number of hydrogen-bond donors (Lipinski definition) is 1. The van der Waals surface area contributed by atoms with Gasteiger partial charge >= 0.3 is 0 Å². The minimum atomic E-state index is 0.530. The first-order valence-electron chi connectivity index (χ1n) is 8.06. The molecule has 0 fully saturated rings. The first-order valence-corrected chi connectivity index (χ1v) is 8.06. The Labute approximate surface area is 119 Å². The van der Waals surface area contributed by atoms with Gasteiger partial charge in [0, 0.05) is 6.04 Å². The van der Waals surface area contributed by atoms with Gasteiger partial charge in [-0.05, 0) is 36.4 Å². The first kappa shape index (κ1) is 16.2. The molecule has 0 saturated heterocycles. The number of nitrogens with one attached hydrogen (secondary N) is 1. The van der Waals surface area contributed by atoms with Crippen LogP contribution in [0.5, 0.6) is 0 Å². The Morgan fingerprint density at radius 2 is 1.58 bits per heavy atom. The summed E-state index contributed by atoms with van der Waals surface area (Å²) in [7, 11) is 0. The minimum Gasteiger partial charge on any atom is -0.310 e. The highest BCUT2D eigenvalue weighted by Crippen LogP contribution is 2.24. The van der Waals surface area contributed by atoms with E-state index in [1.807, 2.05) is 0 Å². The van der Waals surface area contributed by atoms with E-state index in [-0.39, 0.29) is 0 Å². The van der Waals surface area contributed by atoms with Crippen LogP contribution >= 0.6 is 0 Å². The molecule has 1 rings (SSSR count). The van der Waals surface area contributed by atoms with Crippen molar-refractivity contribution >= 4 is 0 Å². The topological polar surface area (TPSA) is 12.0 Å². The molecule has 0 aromatic heterocycles. The standard InChI is InChI=1S/C18H31N/c1-5-8-9-10-18(19-7-3)17-13-11-16(12-14-17)15(4)6-2/h11-15,18-19H,5-10H2,1-4H3. The van der Waals surface area contributed by atoms with Crippen molar-refractivity contribution < 1.29 is 0 Å². The lowest BCUT2D eigenvalue weighted by molar-refractivity contribution is 0.486. The van der Waals surface area contributed by atoms with Crippen molar-refractivity contribution in [3.63, 3.8) is 0 Å². The second-order valence-corrected chi connectivity index (χ2v) is 5.58. The third-order valence-corrected chi connectivity index (χ3v) is 4.07. The van der Waals surface area contributed by atoms with Crippen LogP contribution in [-0.2, 0) is 0 Å². The van der Waals surface area contributed by atoms with Gasteiger partial charge in [0.2, 0.25) is 0 Å². The SMILES string of the molecule is CCCCCC(NCC)c1ccc(C(C)CC)cc1. The molecule has 0 spiro atoms. The summed E-state index contributed by atoms with van der Waals surface area (Å²) in [6.45, 7) is 10.1. The summed E-state index contributed by atoms with van der Waals surface area (Å²) in [4.78, 5) is 0. The number of hydrogen-bond acceptors (Lipinski definition) is 1. The fourth-order valence-electron chi connectivity index (χ4n) is 2.52. The maximum absolute atomic E-state index is 3.62. The van der Waals surface area contributed by atoms with Crippen LogP contribution in [0.3, 0.4) is 0 Å². The van der Waals surface area contributed by atoms with Crippen molar-refractivity contribution in [2.24, 2.45) is 0 Å². The van der Waals surface area contributed by atoms with Crippen molar-refractivity contribution in [3.8, 4) is 0 Å². The van der Waals surface area contributed by atoms with E-state index in [4.69, 9.17) is 0 Å². The lowest BCUT2D eigenvalue weighted by Crippen LogP contribution is -2.20. The zero-order valence-corrected chi connectivity index (χ0v) is 13.2. The Morgan fingerprint density at radius 1 is 0.947 bits per heavy atom. The van der Waals surface area contributed by atoms with E-state index in [1.54, 1.807) is 0 Å². The minimum absolute atomic E-state index is 0.530. The molecule has 19 heavy (non-hydrogen) atoms. The zero-order chi connectivity index (χ0) is 14.1. The smallest absolute Gasteiger partial charge is 0.0320 e. The lowest BCUT2D eigenvalue weighted by Gasteiger charge is -2.19. The molecule has 0 amide bonds. The summed E-state index contributed by atoms with van der Waals surface area (Å²) in [6, 6.07) is 9.80. The van der Waals surface area contributed by atoms with Gasteiger partial charge in [-0.3, -0.25) is 0 Å². The number of unbranched alkanes of at least 4 members (excludes halogenated alkanes) is 2. The summed E-state index contributed by atoms with van der Waals surface area (Å²) in [6.07, 6.45) is 6.43. The van der Waals surface area contributed by atoms with Crippen molar-refractivity contribution in [3.05, 3.63) is 35.4 Å². The van der Waals surface area contributed by atoms with Crippen molar-refractivity contribution in [2.45, 2.75) is 71.8 Å². The number of rotatable bonds is 9. The van der Waals surface area contributed by atoms with Gasteiger partial charge in [-0.15, -0.1) is 0 Å². The zero-order valence-electron chi connectivity index (χ0n) is 13.2. The molecule has 0 aliphatic heterocycles. The Balaban J connectivity index is 2.67. The maximum Gasteiger partial charge on any atom is 0.0320 e. The van der Waals surface area contributed by atoms with Crippen LogP contribution in [0, 0.1) is 0 Å². The van der Waals surface area contributed by atoms with E-state index in [1.165, 1.54) is 43.2 Å². The number of benzene rings is 1. The molecule has 108 valence electrons. The van der Waals surface area contributed by atoms with E-state index in [2.05, 4.69) is 57.3 Å². The predicted molar refractivity (Wildman–Crippen MR) is 85.7 cm³/mol. The third kappa shape index (κ3) is 5.36. The molecule has 2 unspecified atom stereocenters. The normalized spacial score (nSPS) is 14.3. The summed E-state index contributed by atoms with van der Waals surface area (Å²) < 4.78 is 0. The first-order chi connectivity index (χ1) is 9.22. The quantitative estimate of drug-likeness (QED) is 0.584. The average molecular weight is 261 g/mol. The molecular formula is C18H31N. The monoisotopic (exact) mass is 261 g/mol. The molecule has 1 aromatic rings. The van der Waals surface area contributed by atoms with E-state index in [9.17, 15) is 0 Å². The van der Waals surface area contributed by atoms with Crippen LogP contribution in [0.2, 0.25) is 0 Å². The van der Waals surface area contributed by atoms with Gasteiger partial charge in [-0.2, -0.15) is 0 Å².